The van der Waals surface area contributed by atoms with E-state index in [1.165, 1.54) is 11.3 Å². The Morgan fingerprint density at radius 1 is 1.11 bits per heavy atom. The molecule has 0 unspecified atom stereocenters. The van der Waals surface area contributed by atoms with Crippen molar-refractivity contribution in [3.63, 3.8) is 0 Å². The summed E-state index contributed by atoms with van der Waals surface area (Å²) in [6.45, 7) is 7.58. The van der Waals surface area contributed by atoms with Gasteiger partial charge in [0.25, 0.3) is 11.5 Å². The van der Waals surface area contributed by atoms with Gasteiger partial charge >= 0.3 is 12.0 Å². The lowest BCUT2D eigenvalue weighted by Gasteiger charge is -2.42. The molecule has 13 heteroatoms. The van der Waals surface area contributed by atoms with Gasteiger partial charge in [-0.15, -0.1) is 11.3 Å². The van der Waals surface area contributed by atoms with E-state index >= 15 is 0 Å². The highest BCUT2D eigenvalue weighted by Gasteiger charge is 2.48. The third-order valence-electron chi connectivity index (χ3n) is 9.75. The molecular weight excluding hydrogens is 620 g/mol. The minimum Gasteiger partial charge on any atom is -0.491 e. The first-order valence-corrected chi connectivity index (χ1v) is 16.7. The Labute approximate surface area is 274 Å². The van der Waals surface area contributed by atoms with Gasteiger partial charge in [0.05, 0.1) is 28.0 Å². The number of likely N-dealkylation sites (tertiary alicyclic amines) is 1. The Bertz CT molecular complexity index is 2010. The zero-order valence-corrected chi connectivity index (χ0v) is 27.3. The smallest absolute Gasteiger partial charge is 0.338 e. The van der Waals surface area contributed by atoms with Gasteiger partial charge in [0.15, 0.2) is 0 Å². The van der Waals surface area contributed by atoms with E-state index in [4.69, 9.17) is 9.72 Å². The van der Waals surface area contributed by atoms with Crippen LogP contribution >= 0.6 is 11.3 Å². The fraction of sp³-hybridized carbons (Fsp3) is 0.412. The predicted molar refractivity (Wildman–Crippen MR) is 176 cm³/mol. The molecule has 244 valence electrons. The average molecular weight is 657 g/mol. The van der Waals surface area contributed by atoms with Gasteiger partial charge in [0.1, 0.15) is 23.7 Å². The van der Waals surface area contributed by atoms with Crippen molar-refractivity contribution in [1.29, 1.82) is 0 Å². The van der Waals surface area contributed by atoms with Crippen LogP contribution in [0.3, 0.4) is 0 Å². The number of rotatable bonds is 7. The summed E-state index contributed by atoms with van der Waals surface area (Å²) in [6.07, 6.45) is 3.27. The molecule has 3 amide bonds. The lowest BCUT2D eigenvalue weighted by molar-refractivity contribution is -0.125. The number of ether oxygens (including phenoxy) is 1. The van der Waals surface area contributed by atoms with E-state index in [9.17, 15) is 24.3 Å². The molecule has 2 saturated heterocycles. The number of carboxylic acid groups (broad SMARTS) is 1. The minimum absolute atomic E-state index is 0.0490. The van der Waals surface area contributed by atoms with E-state index in [1.54, 1.807) is 9.95 Å². The SMILES string of the molecule is Cc1ccc(OCCn2c(C)nc3c(c2=O)C[C@@H](N2CCC4(CC2)NC(=O)NC4=O)CC3)c(-c2cc(C)nc3c(C(=O)O)csc23)c1. The maximum atomic E-state index is 13.9. The number of hydrogen-bond donors (Lipinski definition) is 3. The summed E-state index contributed by atoms with van der Waals surface area (Å²) in [6, 6.07) is 7.59. The molecule has 2 aliphatic heterocycles. The Kier molecular flexibility index (Phi) is 7.83. The summed E-state index contributed by atoms with van der Waals surface area (Å²) in [5, 5.41) is 16.5. The van der Waals surface area contributed by atoms with Crippen molar-refractivity contribution in [2.45, 2.75) is 71.0 Å². The fourth-order valence-electron chi connectivity index (χ4n) is 7.25. The zero-order chi connectivity index (χ0) is 33.0. The number of piperidine rings is 1. The molecule has 5 heterocycles. The molecule has 12 nitrogen and oxygen atoms in total. The molecule has 0 bridgehead atoms. The zero-order valence-electron chi connectivity index (χ0n) is 26.5. The average Bonchev–Trinajstić information content (AvgIpc) is 3.58. The highest BCUT2D eigenvalue weighted by Crippen LogP contribution is 2.39. The number of aromatic carboxylic acids is 1. The van der Waals surface area contributed by atoms with Crippen LogP contribution in [-0.4, -0.2) is 73.7 Å². The molecule has 3 aromatic heterocycles. The molecule has 1 aliphatic carbocycles. The maximum absolute atomic E-state index is 13.9. The molecule has 7 rings (SSSR count). The standard InChI is InChI=1S/C34H36N6O6S/c1-18-4-7-27(22(14-18)23-15-19(2)35-28-25(31(42)43)17-47-29(23)28)46-13-12-40-20(3)36-26-6-5-21(16-24(26)30(40)41)39-10-8-34(9-11-39)32(44)37-33(45)38-34/h4,7,14-15,17,21H,5-6,8-13,16H2,1-3H3,(H,42,43)(H2,37,38,44,45)/t21-/m0/s1. The lowest BCUT2D eigenvalue weighted by Crippen LogP contribution is -2.57. The van der Waals surface area contributed by atoms with E-state index in [0.29, 0.717) is 68.1 Å². The molecule has 1 atom stereocenters. The van der Waals surface area contributed by atoms with E-state index in [0.717, 1.165) is 39.1 Å². The number of carbonyl (C=O) groups is 3. The summed E-state index contributed by atoms with van der Waals surface area (Å²) >= 11 is 1.35. The second kappa shape index (κ2) is 11.9. The fourth-order valence-corrected chi connectivity index (χ4v) is 8.26. The second-order valence-electron chi connectivity index (χ2n) is 12.8. The van der Waals surface area contributed by atoms with Gasteiger partial charge in [-0.1, -0.05) is 11.6 Å². The van der Waals surface area contributed by atoms with E-state index in [1.807, 2.05) is 45.0 Å². The van der Waals surface area contributed by atoms with E-state index in [-0.39, 0.29) is 29.7 Å². The number of imide groups is 1. The molecule has 1 spiro atoms. The van der Waals surface area contributed by atoms with Gasteiger partial charge in [0, 0.05) is 46.9 Å². The van der Waals surface area contributed by atoms with Crippen LogP contribution in [0.4, 0.5) is 4.79 Å². The predicted octanol–water partition coefficient (Wildman–Crippen LogP) is 3.75. The first-order valence-electron chi connectivity index (χ1n) is 15.9. The normalized spacial score (nSPS) is 19.1. The quantitative estimate of drug-likeness (QED) is 0.252. The number of thiophene rings is 1. The number of aromatic nitrogens is 3. The summed E-state index contributed by atoms with van der Waals surface area (Å²) in [7, 11) is 0. The van der Waals surface area contributed by atoms with Crippen LogP contribution in [0.5, 0.6) is 5.75 Å². The maximum Gasteiger partial charge on any atom is 0.338 e. The Balaban J connectivity index is 1.08. The number of carboxylic acids is 1. The third kappa shape index (κ3) is 5.57. The highest BCUT2D eigenvalue weighted by atomic mass is 32.1. The highest BCUT2D eigenvalue weighted by molar-refractivity contribution is 7.18. The number of fused-ring (bicyclic) bond motifs is 2. The largest absolute Gasteiger partial charge is 0.491 e. The second-order valence-corrected chi connectivity index (χ2v) is 13.6. The van der Waals surface area contributed by atoms with Crippen LogP contribution in [0, 0.1) is 20.8 Å². The van der Waals surface area contributed by atoms with Gasteiger partial charge in [0.2, 0.25) is 0 Å². The van der Waals surface area contributed by atoms with Crippen molar-refractivity contribution in [2.75, 3.05) is 19.7 Å². The van der Waals surface area contributed by atoms with Gasteiger partial charge in [-0.25, -0.2) is 14.6 Å². The molecule has 1 aromatic carbocycles. The monoisotopic (exact) mass is 656 g/mol. The van der Waals surface area contributed by atoms with Crippen molar-refractivity contribution >= 4 is 39.5 Å². The van der Waals surface area contributed by atoms with Crippen LogP contribution in [-0.2, 0) is 24.2 Å². The van der Waals surface area contributed by atoms with Crippen LogP contribution in [0.2, 0.25) is 0 Å². The number of hydrogen-bond acceptors (Lipinski definition) is 9. The Hall–Kier alpha value is -4.62. The number of urea groups is 1. The summed E-state index contributed by atoms with van der Waals surface area (Å²) in [5.41, 5.74) is 4.80. The first-order chi connectivity index (χ1) is 22.5. The third-order valence-corrected chi connectivity index (χ3v) is 10.8. The van der Waals surface area contributed by atoms with Gasteiger partial charge < -0.3 is 15.2 Å². The molecule has 3 N–H and O–H groups in total. The number of aryl methyl sites for hydroxylation is 4. The molecule has 2 fully saturated rings. The van der Waals surface area contributed by atoms with Crippen molar-refractivity contribution < 1.29 is 24.2 Å². The molecule has 47 heavy (non-hydrogen) atoms. The number of nitrogens with zero attached hydrogens (tertiary/aromatic N) is 4. The topological polar surface area (TPSA) is 156 Å². The summed E-state index contributed by atoms with van der Waals surface area (Å²) in [4.78, 5) is 61.5. The molecule has 4 aromatic rings. The van der Waals surface area contributed by atoms with Gasteiger partial charge in [-0.2, -0.15) is 0 Å². The number of amides is 3. The number of nitrogens with one attached hydrogen (secondary N) is 2. The molecular formula is C34H36N6O6S. The number of pyridine rings is 1. The van der Waals surface area contributed by atoms with Crippen molar-refractivity contribution in [2.24, 2.45) is 0 Å². The molecule has 0 radical (unpaired) electrons. The summed E-state index contributed by atoms with van der Waals surface area (Å²) < 4.78 is 8.80. The lowest BCUT2D eigenvalue weighted by atomic mass is 9.84. The minimum atomic E-state index is -1.01. The van der Waals surface area contributed by atoms with Crippen LogP contribution in [0.15, 0.2) is 34.4 Å². The molecule has 3 aliphatic rings. The van der Waals surface area contributed by atoms with Crippen LogP contribution < -0.4 is 20.9 Å². The first kappa shape index (κ1) is 31.0. The number of carbonyl (C=O) groups excluding carboxylic acids is 2. The Morgan fingerprint density at radius 3 is 2.62 bits per heavy atom. The van der Waals surface area contributed by atoms with Crippen LogP contribution in [0.1, 0.15) is 58.0 Å². The Morgan fingerprint density at radius 2 is 1.89 bits per heavy atom. The molecule has 0 saturated carbocycles. The van der Waals surface area contributed by atoms with Crippen molar-refractivity contribution in [3.8, 4) is 16.9 Å². The van der Waals surface area contributed by atoms with Crippen molar-refractivity contribution in [3.05, 3.63) is 73.9 Å². The summed E-state index contributed by atoms with van der Waals surface area (Å²) in [5.74, 6) is 0.0273. The van der Waals surface area contributed by atoms with Gasteiger partial charge in [-0.05, 0) is 71.1 Å². The van der Waals surface area contributed by atoms with E-state index < -0.39 is 17.5 Å². The van der Waals surface area contributed by atoms with Crippen LogP contribution in [0.25, 0.3) is 21.3 Å². The van der Waals surface area contributed by atoms with Gasteiger partial charge in [-0.3, -0.25) is 29.4 Å². The number of benzene rings is 1. The van der Waals surface area contributed by atoms with E-state index in [2.05, 4.69) is 20.5 Å². The van der Waals surface area contributed by atoms with Crippen molar-refractivity contribution in [1.82, 2.24) is 30.1 Å².